The second kappa shape index (κ2) is 4.90. The highest BCUT2D eigenvalue weighted by atomic mass is 32.1. The molecule has 0 aromatic heterocycles. The Morgan fingerprint density at radius 2 is 2.36 bits per heavy atom. The molecule has 0 bridgehead atoms. The van der Waals surface area contributed by atoms with Gasteiger partial charge in [-0.05, 0) is 26.1 Å². The van der Waals surface area contributed by atoms with Gasteiger partial charge in [0.05, 0.1) is 6.61 Å². The van der Waals surface area contributed by atoms with E-state index in [9.17, 15) is 4.79 Å². The van der Waals surface area contributed by atoms with Crippen molar-refractivity contribution in [3.8, 4) is 0 Å². The Balaban J connectivity index is 3.66. The molecule has 64 valence electrons. The predicted molar refractivity (Wildman–Crippen MR) is 44.5 cm³/mol. The highest BCUT2D eigenvalue weighted by Crippen LogP contribution is 1.84. The van der Waals surface area contributed by atoms with Crippen molar-refractivity contribution in [1.82, 2.24) is 5.32 Å². The van der Waals surface area contributed by atoms with Crippen LogP contribution in [0.3, 0.4) is 0 Å². The maximum Gasteiger partial charge on any atom is 0.325 e. The first-order valence-electron chi connectivity index (χ1n) is 3.24. The van der Waals surface area contributed by atoms with E-state index in [-0.39, 0.29) is 5.17 Å². The molecule has 0 aliphatic rings. The number of carboxylic acid groups (broad SMARTS) is 1. The van der Waals surface area contributed by atoms with Crippen molar-refractivity contribution < 1.29 is 14.6 Å². The molecule has 4 nitrogen and oxygen atoms in total. The number of thiocarbonyl (C=S) groups is 1. The molecule has 0 amide bonds. The molecule has 0 aliphatic heterocycles. The third kappa shape index (κ3) is 4.55. The van der Waals surface area contributed by atoms with Gasteiger partial charge in [-0.25, -0.2) is 0 Å². The SMILES string of the molecule is CCOC(=S)N[C@@H](C)C(=O)O. The Morgan fingerprint density at radius 3 is 2.73 bits per heavy atom. The zero-order chi connectivity index (χ0) is 8.85. The minimum Gasteiger partial charge on any atom is -0.480 e. The van der Waals surface area contributed by atoms with E-state index in [1.807, 2.05) is 0 Å². The second-order valence-corrected chi connectivity index (χ2v) is 2.30. The van der Waals surface area contributed by atoms with Gasteiger partial charge >= 0.3 is 5.97 Å². The van der Waals surface area contributed by atoms with E-state index in [2.05, 4.69) is 17.5 Å². The van der Waals surface area contributed by atoms with Gasteiger partial charge in [0.15, 0.2) is 0 Å². The fraction of sp³-hybridized carbons (Fsp3) is 0.667. The topological polar surface area (TPSA) is 58.6 Å². The molecular weight excluding hydrogens is 166 g/mol. The van der Waals surface area contributed by atoms with Gasteiger partial charge in [0, 0.05) is 0 Å². The zero-order valence-corrected chi connectivity index (χ0v) is 7.27. The minimum atomic E-state index is -0.952. The van der Waals surface area contributed by atoms with Crippen LogP contribution >= 0.6 is 12.2 Å². The maximum absolute atomic E-state index is 10.3. The Labute approximate surface area is 70.5 Å². The van der Waals surface area contributed by atoms with Crippen LogP contribution < -0.4 is 5.32 Å². The van der Waals surface area contributed by atoms with Crippen molar-refractivity contribution in [2.75, 3.05) is 6.61 Å². The molecule has 0 saturated carbocycles. The van der Waals surface area contributed by atoms with Crippen molar-refractivity contribution in [3.05, 3.63) is 0 Å². The summed E-state index contributed by atoms with van der Waals surface area (Å²) in [6.07, 6.45) is 0. The molecule has 1 atom stereocenters. The van der Waals surface area contributed by atoms with E-state index >= 15 is 0 Å². The van der Waals surface area contributed by atoms with Crippen molar-refractivity contribution in [2.45, 2.75) is 19.9 Å². The molecule has 0 rings (SSSR count). The fourth-order valence-corrected chi connectivity index (χ4v) is 0.706. The van der Waals surface area contributed by atoms with Crippen LogP contribution in [0.25, 0.3) is 0 Å². The summed E-state index contributed by atoms with van der Waals surface area (Å²) in [4.78, 5) is 10.3. The van der Waals surface area contributed by atoms with Crippen LogP contribution in [0.1, 0.15) is 13.8 Å². The summed E-state index contributed by atoms with van der Waals surface area (Å²) >= 11 is 4.65. The molecule has 0 aromatic carbocycles. The Hall–Kier alpha value is -0.840. The van der Waals surface area contributed by atoms with Crippen molar-refractivity contribution in [1.29, 1.82) is 0 Å². The van der Waals surface area contributed by atoms with Crippen LogP contribution in [0, 0.1) is 0 Å². The third-order valence-corrected chi connectivity index (χ3v) is 1.22. The lowest BCUT2D eigenvalue weighted by Crippen LogP contribution is -2.38. The normalized spacial score (nSPS) is 11.8. The van der Waals surface area contributed by atoms with Crippen LogP contribution in [0.2, 0.25) is 0 Å². The number of hydrogen-bond acceptors (Lipinski definition) is 3. The van der Waals surface area contributed by atoms with Crippen LogP contribution in [-0.4, -0.2) is 28.9 Å². The largest absolute Gasteiger partial charge is 0.480 e. The molecule has 11 heavy (non-hydrogen) atoms. The summed E-state index contributed by atoms with van der Waals surface area (Å²) < 4.78 is 4.82. The standard InChI is InChI=1S/C6H11NO3S/c1-3-10-6(11)7-4(2)5(8)9/h4H,3H2,1-2H3,(H,7,11)(H,8,9)/t4-/m0/s1. The number of carbonyl (C=O) groups is 1. The fourth-order valence-electron chi connectivity index (χ4n) is 0.411. The van der Waals surface area contributed by atoms with E-state index in [1.54, 1.807) is 6.92 Å². The minimum absolute atomic E-state index is 0.127. The Morgan fingerprint density at radius 1 is 1.82 bits per heavy atom. The van der Waals surface area contributed by atoms with E-state index in [0.29, 0.717) is 6.61 Å². The molecule has 0 aliphatic carbocycles. The molecule has 0 fully saturated rings. The first-order chi connectivity index (χ1) is 5.07. The average Bonchev–Trinajstić information content (AvgIpc) is 1.87. The van der Waals surface area contributed by atoms with Crippen molar-refractivity contribution in [3.63, 3.8) is 0 Å². The van der Waals surface area contributed by atoms with Gasteiger partial charge in [0.2, 0.25) is 0 Å². The molecule has 5 heteroatoms. The quantitative estimate of drug-likeness (QED) is 0.610. The maximum atomic E-state index is 10.3. The highest BCUT2D eigenvalue weighted by Gasteiger charge is 2.11. The average molecular weight is 177 g/mol. The monoisotopic (exact) mass is 177 g/mol. The summed E-state index contributed by atoms with van der Waals surface area (Å²) in [6.45, 7) is 3.71. The van der Waals surface area contributed by atoms with Gasteiger partial charge in [-0.15, -0.1) is 0 Å². The Kier molecular flexibility index (Phi) is 4.52. The Bertz CT molecular complexity index is 160. The summed E-state index contributed by atoms with van der Waals surface area (Å²) in [7, 11) is 0. The van der Waals surface area contributed by atoms with Crippen molar-refractivity contribution in [2.24, 2.45) is 0 Å². The van der Waals surface area contributed by atoms with E-state index in [1.165, 1.54) is 6.92 Å². The van der Waals surface area contributed by atoms with E-state index in [0.717, 1.165) is 0 Å². The van der Waals surface area contributed by atoms with Gasteiger partial charge < -0.3 is 15.2 Å². The lowest BCUT2D eigenvalue weighted by Gasteiger charge is -2.10. The van der Waals surface area contributed by atoms with Crippen LogP contribution in [0.15, 0.2) is 0 Å². The zero-order valence-electron chi connectivity index (χ0n) is 6.46. The number of ether oxygens (including phenoxy) is 1. The molecular formula is C6H11NO3S. The van der Waals surface area contributed by atoms with Gasteiger partial charge in [0.1, 0.15) is 6.04 Å². The number of carboxylic acids is 1. The van der Waals surface area contributed by atoms with Crippen LogP contribution in [0.4, 0.5) is 0 Å². The van der Waals surface area contributed by atoms with Crippen molar-refractivity contribution >= 4 is 23.4 Å². The van der Waals surface area contributed by atoms with E-state index < -0.39 is 12.0 Å². The number of aliphatic carboxylic acids is 1. The lowest BCUT2D eigenvalue weighted by molar-refractivity contribution is -0.138. The summed E-state index contributed by atoms with van der Waals surface area (Å²) in [5.74, 6) is -0.952. The van der Waals surface area contributed by atoms with Crippen LogP contribution in [0.5, 0.6) is 0 Å². The molecule has 0 saturated heterocycles. The third-order valence-electron chi connectivity index (χ3n) is 0.980. The summed E-state index contributed by atoms with van der Waals surface area (Å²) in [6, 6.07) is -0.700. The van der Waals surface area contributed by atoms with Gasteiger partial charge in [-0.3, -0.25) is 4.79 Å². The molecule has 0 radical (unpaired) electrons. The number of rotatable bonds is 3. The molecule has 0 heterocycles. The smallest absolute Gasteiger partial charge is 0.325 e. The first-order valence-corrected chi connectivity index (χ1v) is 3.64. The molecule has 0 unspecified atom stereocenters. The molecule has 0 aromatic rings. The first kappa shape index (κ1) is 10.2. The number of nitrogens with one attached hydrogen (secondary N) is 1. The number of hydrogen-bond donors (Lipinski definition) is 2. The highest BCUT2D eigenvalue weighted by molar-refractivity contribution is 7.80. The molecule has 0 spiro atoms. The lowest BCUT2D eigenvalue weighted by atomic mass is 10.4. The second-order valence-electron chi connectivity index (χ2n) is 1.92. The van der Waals surface area contributed by atoms with Crippen LogP contribution in [-0.2, 0) is 9.53 Å². The van der Waals surface area contributed by atoms with Gasteiger partial charge in [-0.2, -0.15) is 0 Å². The summed E-state index contributed by atoms with van der Waals surface area (Å²) in [5.41, 5.74) is 0. The predicted octanol–water partition coefficient (Wildman–Crippen LogP) is 0.371. The van der Waals surface area contributed by atoms with E-state index in [4.69, 9.17) is 9.84 Å². The van der Waals surface area contributed by atoms with Gasteiger partial charge in [-0.1, -0.05) is 0 Å². The summed E-state index contributed by atoms with van der Waals surface area (Å²) in [5, 5.41) is 11.0. The van der Waals surface area contributed by atoms with Gasteiger partial charge in [0.25, 0.3) is 5.17 Å². The molecule has 2 N–H and O–H groups in total.